The van der Waals surface area contributed by atoms with Gasteiger partial charge in [-0.15, -0.1) is 0 Å². The highest BCUT2D eigenvalue weighted by Crippen LogP contribution is 2.44. The molecule has 2 bridgehead atoms. The van der Waals surface area contributed by atoms with E-state index in [1.165, 1.54) is 22.3 Å². The first-order valence-corrected chi connectivity index (χ1v) is 13.0. The standard InChI is InChI=1S/C25H29NO4S/c27-25(26-13-12-17-14-18-6-5-7-19(15-17)31(18,28)29)30-16-24-22-10-3-1-8-20(22)21-9-2-4-11-23(21)24/h1-4,8-11,17-19,24H,5-7,12-16H2,(H,26,27). The maximum absolute atomic E-state index is 12.4. The number of fused-ring (bicyclic) bond motifs is 5. The molecule has 2 unspecified atom stereocenters. The fourth-order valence-electron chi connectivity index (χ4n) is 5.78. The van der Waals surface area contributed by atoms with Crippen molar-refractivity contribution in [2.45, 2.75) is 54.9 Å². The molecular formula is C25H29NO4S. The highest BCUT2D eigenvalue weighted by atomic mass is 32.2. The van der Waals surface area contributed by atoms with Gasteiger partial charge in [0, 0.05) is 12.5 Å². The highest BCUT2D eigenvalue weighted by molar-refractivity contribution is 7.92. The van der Waals surface area contributed by atoms with E-state index < -0.39 is 15.9 Å². The normalized spacial score (nSPS) is 26.0. The lowest BCUT2D eigenvalue weighted by atomic mass is 9.87. The zero-order valence-corrected chi connectivity index (χ0v) is 18.4. The molecule has 2 atom stereocenters. The third-order valence-corrected chi connectivity index (χ3v) is 10.1. The summed E-state index contributed by atoms with van der Waals surface area (Å²) in [7, 11) is -2.92. The van der Waals surface area contributed by atoms with Crippen LogP contribution in [0.4, 0.5) is 4.79 Å². The number of ether oxygens (including phenoxy) is 1. The van der Waals surface area contributed by atoms with Crippen LogP contribution in [0.15, 0.2) is 48.5 Å². The number of amides is 1. The summed E-state index contributed by atoms with van der Waals surface area (Å²) in [6.07, 6.45) is 4.53. The van der Waals surface area contributed by atoms with Crippen molar-refractivity contribution < 1.29 is 17.9 Å². The molecule has 1 aliphatic carbocycles. The second-order valence-electron chi connectivity index (χ2n) is 9.14. The number of rotatable bonds is 5. The Morgan fingerprint density at radius 2 is 1.52 bits per heavy atom. The summed E-state index contributed by atoms with van der Waals surface area (Å²) in [4.78, 5) is 12.3. The molecule has 0 radical (unpaired) electrons. The van der Waals surface area contributed by atoms with Crippen LogP contribution in [0.3, 0.4) is 0 Å². The van der Waals surface area contributed by atoms with Gasteiger partial charge in [-0.05, 0) is 60.3 Å². The molecule has 0 saturated carbocycles. The van der Waals surface area contributed by atoms with Crippen molar-refractivity contribution in [1.29, 1.82) is 0 Å². The van der Waals surface area contributed by atoms with Gasteiger partial charge in [0.2, 0.25) is 0 Å². The predicted molar refractivity (Wildman–Crippen MR) is 121 cm³/mol. The lowest BCUT2D eigenvalue weighted by Gasteiger charge is -2.38. The molecule has 2 aromatic rings. The summed E-state index contributed by atoms with van der Waals surface area (Å²) >= 11 is 0. The van der Waals surface area contributed by atoms with Crippen molar-refractivity contribution in [2.24, 2.45) is 5.92 Å². The van der Waals surface area contributed by atoms with E-state index >= 15 is 0 Å². The Balaban J connectivity index is 1.13. The highest BCUT2D eigenvalue weighted by Gasteiger charge is 2.43. The SMILES string of the molecule is O=C(NCCC1CC2CCCC(C1)S2(=O)=O)OCC1c2ccccc2-c2ccccc21. The lowest BCUT2D eigenvalue weighted by Crippen LogP contribution is -2.44. The van der Waals surface area contributed by atoms with Gasteiger partial charge in [-0.3, -0.25) is 0 Å². The summed E-state index contributed by atoms with van der Waals surface area (Å²) in [5.41, 5.74) is 4.83. The van der Waals surface area contributed by atoms with Gasteiger partial charge in [-0.1, -0.05) is 55.0 Å². The molecule has 6 heteroatoms. The van der Waals surface area contributed by atoms with Gasteiger partial charge in [0.1, 0.15) is 6.61 Å². The van der Waals surface area contributed by atoms with E-state index in [1.54, 1.807) is 0 Å². The third-order valence-electron chi connectivity index (χ3n) is 7.34. The van der Waals surface area contributed by atoms with Gasteiger partial charge in [0.25, 0.3) is 0 Å². The average molecular weight is 440 g/mol. The van der Waals surface area contributed by atoms with Crippen LogP contribution in [-0.4, -0.2) is 38.2 Å². The number of benzene rings is 2. The van der Waals surface area contributed by atoms with E-state index in [1.807, 2.05) is 24.3 Å². The Kier molecular flexibility index (Phi) is 5.51. The minimum atomic E-state index is -2.92. The largest absolute Gasteiger partial charge is 0.449 e. The van der Waals surface area contributed by atoms with E-state index in [-0.39, 0.29) is 16.4 Å². The second kappa shape index (κ2) is 8.30. The quantitative estimate of drug-likeness (QED) is 0.735. The zero-order chi connectivity index (χ0) is 21.4. The van der Waals surface area contributed by atoms with Gasteiger partial charge in [0.15, 0.2) is 9.84 Å². The monoisotopic (exact) mass is 439 g/mol. The van der Waals surface area contributed by atoms with Gasteiger partial charge in [-0.25, -0.2) is 13.2 Å². The van der Waals surface area contributed by atoms with Crippen molar-refractivity contribution in [3.8, 4) is 11.1 Å². The van der Waals surface area contributed by atoms with Crippen LogP contribution >= 0.6 is 0 Å². The number of carbonyl (C=O) groups excluding carboxylic acids is 1. The maximum Gasteiger partial charge on any atom is 0.407 e. The van der Waals surface area contributed by atoms with Crippen molar-refractivity contribution in [2.75, 3.05) is 13.2 Å². The molecule has 164 valence electrons. The van der Waals surface area contributed by atoms with Gasteiger partial charge < -0.3 is 10.1 Å². The first-order valence-electron chi connectivity index (χ1n) is 11.4. The number of hydrogen-bond donors (Lipinski definition) is 1. The molecule has 31 heavy (non-hydrogen) atoms. The molecule has 5 nitrogen and oxygen atoms in total. The number of hydrogen-bond acceptors (Lipinski definition) is 4. The third kappa shape index (κ3) is 3.86. The number of carbonyl (C=O) groups is 1. The fourth-order valence-corrected chi connectivity index (χ4v) is 8.40. The van der Waals surface area contributed by atoms with E-state index in [4.69, 9.17) is 4.74 Å². The predicted octanol–water partition coefficient (Wildman–Crippen LogP) is 4.66. The van der Waals surface area contributed by atoms with Crippen LogP contribution in [0.25, 0.3) is 11.1 Å². The smallest absolute Gasteiger partial charge is 0.407 e. The Bertz CT molecular complexity index is 1010. The number of nitrogens with one attached hydrogen (secondary N) is 1. The minimum absolute atomic E-state index is 0.0566. The van der Waals surface area contributed by atoms with Crippen molar-refractivity contribution in [3.63, 3.8) is 0 Å². The van der Waals surface area contributed by atoms with E-state index in [9.17, 15) is 13.2 Å². The van der Waals surface area contributed by atoms with E-state index in [0.717, 1.165) is 38.5 Å². The van der Waals surface area contributed by atoms with Gasteiger partial charge in [0.05, 0.1) is 10.5 Å². The summed E-state index contributed by atoms with van der Waals surface area (Å²) in [5.74, 6) is 0.425. The molecule has 0 aromatic heterocycles. The van der Waals surface area contributed by atoms with Crippen molar-refractivity contribution >= 4 is 15.9 Å². The van der Waals surface area contributed by atoms with E-state index in [2.05, 4.69) is 29.6 Å². The van der Waals surface area contributed by atoms with E-state index in [0.29, 0.717) is 19.1 Å². The second-order valence-corrected chi connectivity index (χ2v) is 11.7. The zero-order valence-electron chi connectivity index (χ0n) is 17.6. The van der Waals surface area contributed by atoms with Gasteiger partial charge >= 0.3 is 6.09 Å². The molecule has 2 fully saturated rings. The Morgan fingerprint density at radius 3 is 2.13 bits per heavy atom. The van der Waals surface area contributed by atoms with Gasteiger partial charge in [-0.2, -0.15) is 0 Å². The van der Waals surface area contributed by atoms with Crippen LogP contribution in [-0.2, 0) is 14.6 Å². The van der Waals surface area contributed by atoms with Crippen LogP contribution < -0.4 is 5.32 Å². The van der Waals surface area contributed by atoms with Crippen molar-refractivity contribution in [3.05, 3.63) is 59.7 Å². The number of sulfone groups is 1. The van der Waals surface area contributed by atoms with Crippen LogP contribution in [0.1, 0.15) is 55.6 Å². The molecule has 2 aromatic carbocycles. The molecule has 2 saturated heterocycles. The summed E-state index contributed by atoms with van der Waals surface area (Å²) in [5, 5.41) is 2.54. The van der Waals surface area contributed by atoms with Crippen LogP contribution in [0, 0.1) is 5.92 Å². The topological polar surface area (TPSA) is 72.5 Å². The molecule has 1 amide bonds. The van der Waals surface area contributed by atoms with Crippen LogP contribution in [0.5, 0.6) is 0 Å². The summed E-state index contributed by atoms with van der Waals surface area (Å²) in [6, 6.07) is 16.6. The first-order chi connectivity index (χ1) is 15.0. The average Bonchev–Trinajstić information content (AvgIpc) is 3.06. The molecule has 1 N–H and O–H groups in total. The first kappa shape index (κ1) is 20.6. The van der Waals surface area contributed by atoms with Crippen LogP contribution in [0.2, 0.25) is 0 Å². The minimum Gasteiger partial charge on any atom is -0.449 e. The maximum atomic E-state index is 12.4. The number of alkyl carbamates (subject to hydrolysis) is 1. The van der Waals surface area contributed by atoms with Crippen molar-refractivity contribution in [1.82, 2.24) is 5.32 Å². The fraction of sp³-hybridized carbons (Fsp3) is 0.480. The lowest BCUT2D eigenvalue weighted by molar-refractivity contribution is 0.142. The summed E-state index contributed by atoms with van der Waals surface area (Å²) < 4.78 is 30.4. The Hall–Kier alpha value is -2.34. The molecule has 0 spiro atoms. The Labute approximate surface area is 184 Å². The molecule has 3 aliphatic rings. The molecule has 2 heterocycles. The molecule has 2 aliphatic heterocycles. The molecular weight excluding hydrogens is 410 g/mol. The Morgan fingerprint density at radius 1 is 0.935 bits per heavy atom. The molecule has 5 rings (SSSR count). The summed E-state index contributed by atoms with van der Waals surface area (Å²) in [6.45, 7) is 0.840.